The molecule has 0 amide bonds. The van der Waals surface area contributed by atoms with Crippen molar-refractivity contribution < 1.29 is 9.90 Å². The maximum atomic E-state index is 10.8. The molecule has 0 radical (unpaired) electrons. The highest BCUT2D eigenvalue weighted by molar-refractivity contribution is 6.33. The van der Waals surface area contributed by atoms with Crippen LogP contribution >= 0.6 is 11.6 Å². The van der Waals surface area contributed by atoms with Gasteiger partial charge in [0.05, 0.1) is 34.7 Å². The van der Waals surface area contributed by atoms with Crippen LogP contribution in [0.15, 0.2) is 30.6 Å². The maximum Gasteiger partial charge on any atom is 0.356 e. The van der Waals surface area contributed by atoms with E-state index in [1.807, 2.05) is 6.07 Å². The zero-order chi connectivity index (χ0) is 13.8. The molecule has 0 spiro atoms. The van der Waals surface area contributed by atoms with Crippen molar-refractivity contribution in [1.29, 1.82) is 5.26 Å². The van der Waals surface area contributed by atoms with Gasteiger partial charge in [-0.15, -0.1) is 0 Å². The third-order valence-electron chi connectivity index (χ3n) is 2.21. The average molecular weight is 275 g/mol. The number of aromatic carboxylic acids is 1. The van der Waals surface area contributed by atoms with Crippen molar-refractivity contribution in [3.8, 4) is 6.07 Å². The van der Waals surface area contributed by atoms with Gasteiger partial charge in [0.2, 0.25) is 0 Å². The van der Waals surface area contributed by atoms with Crippen LogP contribution in [0, 0.1) is 11.3 Å². The number of carbonyl (C=O) groups is 1. The number of benzene rings is 1. The van der Waals surface area contributed by atoms with Crippen LogP contribution in [0.5, 0.6) is 0 Å². The molecule has 0 saturated carbocycles. The van der Waals surface area contributed by atoms with Crippen molar-refractivity contribution in [1.82, 2.24) is 9.97 Å². The summed E-state index contributed by atoms with van der Waals surface area (Å²) in [5.41, 5.74) is 0.771. The summed E-state index contributed by atoms with van der Waals surface area (Å²) in [4.78, 5) is 18.4. The highest BCUT2D eigenvalue weighted by Crippen LogP contribution is 2.25. The van der Waals surface area contributed by atoms with E-state index in [-0.39, 0.29) is 11.5 Å². The molecule has 0 saturated heterocycles. The first kappa shape index (κ1) is 12.8. The highest BCUT2D eigenvalue weighted by Gasteiger charge is 2.08. The van der Waals surface area contributed by atoms with Crippen LogP contribution in [0.3, 0.4) is 0 Å². The third kappa shape index (κ3) is 2.97. The fourth-order valence-electron chi connectivity index (χ4n) is 1.35. The zero-order valence-corrected chi connectivity index (χ0v) is 10.2. The molecule has 2 aromatic rings. The quantitative estimate of drug-likeness (QED) is 0.892. The molecule has 0 bridgehead atoms. The summed E-state index contributed by atoms with van der Waals surface area (Å²) in [6.45, 7) is 0. The molecule has 7 heteroatoms. The molecule has 2 N–H and O–H groups in total. The van der Waals surface area contributed by atoms with Gasteiger partial charge >= 0.3 is 5.97 Å². The largest absolute Gasteiger partial charge is 0.476 e. The van der Waals surface area contributed by atoms with Crippen molar-refractivity contribution in [2.45, 2.75) is 0 Å². The summed E-state index contributed by atoms with van der Waals surface area (Å²) in [6.07, 6.45) is 2.52. The van der Waals surface area contributed by atoms with Gasteiger partial charge in [-0.25, -0.2) is 9.78 Å². The Labute approximate surface area is 113 Å². The molecule has 0 atom stereocenters. The van der Waals surface area contributed by atoms with Gasteiger partial charge in [-0.2, -0.15) is 5.26 Å². The minimum atomic E-state index is -1.16. The predicted octanol–water partition coefficient (Wildman–Crippen LogP) is 2.44. The number of carboxylic acids is 1. The summed E-state index contributed by atoms with van der Waals surface area (Å²) in [6, 6.07) is 6.66. The van der Waals surface area contributed by atoms with Crippen LogP contribution in [-0.4, -0.2) is 21.0 Å². The Balaban J connectivity index is 2.29. The van der Waals surface area contributed by atoms with E-state index in [0.29, 0.717) is 16.3 Å². The zero-order valence-electron chi connectivity index (χ0n) is 9.46. The Morgan fingerprint density at radius 3 is 2.84 bits per heavy atom. The molecule has 94 valence electrons. The van der Waals surface area contributed by atoms with E-state index in [2.05, 4.69) is 15.3 Å². The summed E-state index contributed by atoms with van der Waals surface area (Å²) in [5, 5.41) is 20.7. The van der Waals surface area contributed by atoms with Gasteiger partial charge in [0.25, 0.3) is 0 Å². The lowest BCUT2D eigenvalue weighted by atomic mass is 10.2. The van der Waals surface area contributed by atoms with E-state index >= 15 is 0 Å². The summed E-state index contributed by atoms with van der Waals surface area (Å²) in [7, 11) is 0. The number of hydrogen-bond acceptors (Lipinski definition) is 5. The van der Waals surface area contributed by atoms with Gasteiger partial charge in [0, 0.05) is 0 Å². The fraction of sp³-hybridized carbons (Fsp3) is 0. The van der Waals surface area contributed by atoms with Gasteiger partial charge in [-0.1, -0.05) is 11.6 Å². The molecular weight excluding hydrogens is 268 g/mol. The van der Waals surface area contributed by atoms with E-state index < -0.39 is 5.97 Å². The highest BCUT2D eigenvalue weighted by atomic mass is 35.5. The topological polar surface area (TPSA) is 98.9 Å². The third-order valence-corrected chi connectivity index (χ3v) is 2.53. The number of carboxylic acid groups (broad SMARTS) is 1. The van der Waals surface area contributed by atoms with E-state index in [0.717, 1.165) is 6.20 Å². The van der Waals surface area contributed by atoms with Crippen LogP contribution in [0.2, 0.25) is 5.02 Å². The van der Waals surface area contributed by atoms with E-state index in [1.165, 1.54) is 12.3 Å². The van der Waals surface area contributed by atoms with Crippen molar-refractivity contribution >= 4 is 29.1 Å². The first-order valence-electron chi connectivity index (χ1n) is 5.12. The molecule has 1 heterocycles. The van der Waals surface area contributed by atoms with Gasteiger partial charge < -0.3 is 10.4 Å². The predicted molar refractivity (Wildman–Crippen MR) is 68.4 cm³/mol. The molecule has 0 unspecified atom stereocenters. The summed E-state index contributed by atoms with van der Waals surface area (Å²) < 4.78 is 0. The molecule has 0 aliphatic carbocycles. The Hall–Kier alpha value is -2.65. The van der Waals surface area contributed by atoms with Crippen LogP contribution in [-0.2, 0) is 0 Å². The van der Waals surface area contributed by atoms with E-state index in [9.17, 15) is 4.79 Å². The average Bonchev–Trinajstić information content (AvgIpc) is 2.41. The summed E-state index contributed by atoms with van der Waals surface area (Å²) >= 11 is 5.98. The van der Waals surface area contributed by atoms with Gasteiger partial charge in [0.1, 0.15) is 5.82 Å². The number of hydrogen-bond donors (Lipinski definition) is 2. The number of rotatable bonds is 3. The Bertz CT molecular complexity index is 682. The monoisotopic (exact) mass is 274 g/mol. The Kier molecular flexibility index (Phi) is 3.59. The minimum Gasteiger partial charge on any atom is -0.476 e. The van der Waals surface area contributed by atoms with Crippen molar-refractivity contribution in [2.24, 2.45) is 0 Å². The first-order chi connectivity index (χ1) is 9.10. The smallest absolute Gasteiger partial charge is 0.356 e. The normalized spacial score (nSPS) is 9.68. The lowest BCUT2D eigenvalue weighted by molar-refractivity contribution is 0.0690. The molecule has 0 aliphatic rings. The molecule has 0 fully saturated rings. The second-order valence-corrected chi connectivity index (χ2v) is 3.93. The maximum absolute atomic E-state index is 10.8. The number of nitriles is 1. The number of anilines is 2. The van der Waals surface area contributed by atoms with E-state index in [1.54, 1.807) is 12.1 Å². The van der Waals surface area contributed by atoms with Gasteiger partial charge in [-0.3, -0.25) is 4.98 Å². The van der Waals surface area contributed by atoms with Crippen LogP contribution < -0.4 is 5.32 Å². The SMILES string of the molecule is N#Cc1ccc(Nc2cncc(C(=O)O)n2)c(Cl)c1. The molecule has 1 aromatic carbocycles. The lowest BCUT2D eigenvalue weighted by Gasteiger charge is -2.07. The lowest BCUT2D eigenvalue weighted by Crippen LogP contribution is -2.04. The standard InChI is InChI=1S/C12H7ClN4O2/c13-8-3-7(4-14)1-2-9(8)16-11-6-15-5-10(17-11)12(18)19/h1-3,5-6H,(H,16,17)(H,18,19). The van der Waals surface area contributed by atoms with Crippen LogP contribution in [0.1, 0.15) is 16.1 Å². The second kappa shape index (κ2) is 5.33. The molecule has 19 heavy (non-hydrogen) atoms. The second-order valence-electron chi connectivity index (χ2n) is 3.53. The van der Waals surface area contributed by atoms with Gasteiger partial charge in [-0.05, 0) is 18.2 Å². The number of halogens is 1. The molecule has 1 aromatic heterocycles. The Morgan fingerprint density at radius 2 is 2.21 bits per heavy atom. The van der Waals surface area contributed by atoms with Crippen molar-refractivity contribution in [2.75, 3.05) is 5.32 Å². The van der Waals surface area contributed by atoms with E-state index in [4.69, 9.17) is 22.0 Å². The van der Waals surface area contributed by atoms with Crippen LogP contribution in [0.25, 0.3) is 0 Å². The minimum absolute atomic E-state index is 0.172. The first-order valence-corrected chi connectivity index (χ1v) is 5.50. The van der Waals surface area contributed by atoms with Crippen LogP contribution in [0.4, 0.5) is 11.5 Å². The molecule has 6 nitrogen and oxygen atoms in total. The summed E-state index contributed by atoms with van der Waals surface area (Å²) in [5.74, 6) is -0.909. The number of nitrogens with one attached hydrogen (secondary N) is 1. The van der Waals surface area contributed by atoms with Gasteiger partial charge in [0.15, 0.2) is 5.69 Å². The Morgan fingerprint density at radius 1 is 1.42 bits per heavy atom. The molecular formula is C12H7ClN4O2. The molecule has 2 rings (SSSR count). The molecule has 0 aliphatic heterocycles. The number of nitrogens with zero attached hydrogens (tertiary/aromatic N) is 3. The van der Waals surface area contributed by atoms with Crippen molar-refractivity contribution in [3.05, 3.63) is 46.9 Å². The number of aromatic nitrogens is 2. The van der Waals surface area contributed by atoms with Crippen molar-refractivity contribution in [3.63, 3.8) is 0 Å². The fourth-order valence-corrected chi connectivity index (χ4v) is 1.58.